The third-order valence-electron chi connectivity index (χ3n) is 3.68. The standard InChI is InChI=1S/C16H17N3O3/c20-16(21)13-8-17-11-18-15(13)14-10-19(6-7-22-14)9-12-4-2-1-3-5-12/h1-5,8,11,14H,6-7,9-10H2,(H,20,21). The Morgan fingerprint density at radius 1 is 1.36 bits per heavy atom. The third kappa shape index (κ3) is 3.29. The maximum Gasteiger partial charge on any atom is 0.339 e. The summed E-state index contributed by atoms with van der Waals surface area (Å²) in [5.41, 5.74) is 1.78. The lowest BCUT2D eigenvalue weighted by molar-refractivity contribution is -0.0355. The number of hydrogen-bond donors (Lipinski definition) is 1. The number of rotatable bonds is 4. The van der Waals surface area contributed by atoms with Crippen molar-refractivity contribution in [2.75, 3.05) is 19.7 Å². The van der Waals surface area contributed by atoms with E-state index in [1.54, 1.807) is 0 Å². The molecule has 0 amide bonds. The van der Waals surface area contributed by atoms with Crippen LogP contribution in [0.4, 0.5) is 0 Å². The van der Waals surface area contributed by atoms with E-state index in [0.717, 1.165) is 13.1 Å². The van der Waals surface area contributed by atoms with E-state index in [9.17, 15) is 9.90 Å². The lowest BCUT2D eigenvalue weighted by Gasteiger charge is -2.33. The van der Waals surface area contributed by atoms with Crippen LogP contribution in [0.15, 0.2) is 42.9 Å². The second-order valence-electron chi connectivity index (χ2n) is 5.21. The zero-order valence-electron chi connectivity index (χ0n) is 12.1. The van der Waals surface area contributed by atoms with Gasteiger partial charge in [0.15, 0.2) is 0 Å². The van der Waals surface area contributed by atoms with Crippen molar-refractivity contribution in [1.29, 1.82) is 0 Å². The molecule has 1 unspecified atom stereocenters. The number of morpholine rings is 1. The van der Waals surface area contributed by atoms with E-state index in [0.29, 0.717) is 18.8 Å². The molecule has 0 spiro atoms. The van der Waals surface area contributed by atoms with E-state index >= 15 is 0 Å². The van der Waals surface area contributed by atoms with E-state index in [1.165, 1.54) is 18.1 Å². The molecular formula is C16H17N3O3. The second-order valence-corrected chi connectivity index (χ2v) is 5.21. The van der Waals surface area contributed by atoms with Crippen LogP contribution in [0.5, 0.6) is 0 Å². The van der Waals surface area contributed by atoms with Gasteiger partial charge < -0.3 is 9.84 Å². The van der Waals surface area contributed by atoms with E-state index in [-0.39, 0.29) is 11.7 Å². The Balaban J connectivity index is 1.75. The largest absolute Gasteiger partial charge is 0.478 e. The summed E-state index contributed by atoms with van der Waals surface area (Å²) in [6.07, 6.45) is 2.34. The maximum atomic E-state index is 11.3. The number of ether oxygens (including phenoxy) is 1. The number of benzene rings is 1. The molecule has 1 N–H and O–H groups in total. The van der Waals surface area contributed by atoms with Gasteiger partial charge in [0.05, 0.1) is 12.3 Å². The highest BCUT2D eigenvalue weighted by atomic mass is 16.5. The molecule has 22 heavy (non-hydrogen) atoms. The number of hydrogen-bond acceptors (Lipinski definition) is 5. The van der Waals surface area contributed by atoms with Gasteiger partial charge in [-0.25, -0.2) is 14.8 Å². The van der Waals surface area contributed by atoms with Gasteiger partial charge in [0.25, 0.3) is 0 Å². The number of nitrogens with zero attached hydrogens (tertiary/aromatic N) is 3. The lowest BCUT2D eigenvalue weighted by atomic mass is 10.1. The van der Waals surface area contributed by atoms with E-state index in [1.807, 2.05) is 18.2 Å². The average molecular weight is 299 g/mol. The summed E-state index contributed by atoms with van der Waals surface area (Å²) in [5.74, 6) is -1.03. The van der Waals surface area contributed by atoms with Crippen molar-refractivity contribution in [3.05, 3.63) is 59.7 Å². The van der Waals surface area contributed by atoms with Gasteiger partial charge in [0, 0.05) is 25.8 Å². The Hall–Kier alpha value is -2.31. The summed E-state index contributed by atoms with van der Waals surface area (Å²) < 4.78 is 5.73. The molecule has 0 radical (unpaired) electrons. The fourth-order valence-corrected chi connectivity index (χ4v) is 2.61. The van der Waals surface area contributed by atoms with Gasteiger partial charge in [0.1, 0.15) is 18.0 Å². The normalized spacial score (nSPS) is 19.0. The number of carbonyl (C=O) groups is 1. The average Bonchev–Trinajstić information content (AvgIpc) is 2.56. The third-order valence-corrected chi connectivity index (χ3v) is 3.68. The Kier molecular flexibility index (Phi) is 4.41. The van der Waals surface area contributed by atoms with Gasteiger partial charge >= 0.3 is 5.97 Å². The second kappa shape index (κ2) is 6.64. The lowest BCUT2D eigenvalue weighted by Crippen LogP contribution is -2.38. The first-order valence-corrected chi connectivity index (χ1v) is 7.15. The molecular weight excluding hydrogens is 282 g/mol. The van der Waals surface area contributed by atoms with Gasteiger partial charge in [-0.15, -0.1) is 0 Å². The molecule has 1 fully saturated rings. The first-order chi connectivity index (χ1) is 10.7. The summed E-state index contributed by atoms with van der Waals surface area (Å²) in [5, 5.41) is 9.25. The SMILES string of the molecule is O=C(O)c1cncnc1C1CN(Cc2ccccc2)CCO1. The van der Waals surface area contributed by atoms with Crippen molar-refractivity contribution in [2.45, 2.75) is 12.6 Å². The predicted molar refractivity (Wildman–Crippen MR) is 79.4 cm³/mol. The minimum Gasteiger partial charge on any atom is -0.478 e. The van der Waals surface area contributed by atoms with Crippen molar-refractivity contribution in [1.82, 2.24) is 14.9 Å². The van der Waals surface area contributed by atoms with Gasteiger partial charge in [-0.1, -0.05) is 30.3 Å². The van der Waals surface area contributed by atoms with Gasteiger partial charge in [0.2, 0.25) is 0 Å². The molecule has 6 nitrogen and oxygen atoms in total. The predicted octanol–water partition coefficient (Wildman–Crippen LogP) is 1.75. The van der Waals surface area contributed by atoms with Crippen molar-refractivity contribution in [3.8, 4) is 0 Å². The minimum atomic E-state index is -1.03. The van der Waals surface area contributed by atoms with E-state index < -0.39 is 5.97 Å². The van der Waals surface area contributed by atoms with E-state index in [2.05, 4.69) is 27.0 Å². The van der Waals surface area contributed by atoms with Crippen LogP contribution >= 0.6 is 0 Å². The molecule has 1 saturated heterocycles. The number of aromatic nitrogens is 2. The highest BCUT2D eigenvalue weighted by molar-refractivity contribution is 5.88. The van der Waals surface area contributed by atoms with Crippen LogP contribution in [0.2, 0.25) is 0 Å². The Morgan fingerprint density at radius 2 is 2.18 bits per heavy atom. The molecule has 6 heteroatoms. The fraction of sp³-hybridized carbons (Fsp3) is 0.312. The molecule has 2 aromatic rings. The summed E-state index contributed by atoms with van der Waals surface area (Å²) in [7, 11) is 0. The van der Waals surface area contributed by atoms with Crippen LogP contribution in [0.25, 0.3) is 0 Å². The molecule has 1 aromatic carbocycles. The van der Waals surface area contributed by atoms with Crippen LogP contribution in [0.1, 0.15) is 27.7 Å². The van der Waals surface area contributed by atoms with Crippen molar-refractivity contribution < 1.29 is 14.6 Å². The quantitative estimate of drug-likeness (QED) is 0.927. The smallest absolute Gasteiger partial charge is 0.339 e. The summed E-state index contributed by atoms with van der Waals surface area (Å²) in [6, 6.07) is 10.2. The van der Waals surface area contributed by atoms with Gasteiger partial charge in [-0.05, 0) is 5.56 Å². The molecule has 1 aliphatic heterocycles. The summed E-state index contributed by atoms with van der Waals surface area (Å²) in [4.78, 5) is 21.4. The van der Waals surface area contributed by atoms with Gasteiger partial charge in [-0.2, -0.15) is 0 Å². The molecule has 3 rings (SSSR count). The van der Waals surface area contributed by atoms with Crippen LogP contribution in [0.3, 0.4) is 0 Å². The first-order valence-electron chi connectivity index (χ1n) is 7.15. The van der Waals surface area contributed by atoms with Crippen molar-refractivity contribution in [2.24, 2.45) is 0 Å². The number of aromatic carboxylic acids is 1. The van der Waals surface area contributed by atoms with Gasteiger partial charge in [-0.3, -0.25) is 4.90 Å². The molecule has 1 atom stereocenters. The first kappa shape index (κ1) is 14.6. The Bertz CT molecular complexity index is 648. The molecule has 114 valence electrons. The topological polar surface area (TPSA) is 75.5 Å². The van der Waals surface area contributed by atoms with E-state index in [4.69, 9.17) is 4.74 Å². The molecule has 0 bridgehead atoms. The fourth-order valence-electron chi connectivity index (χ4n) is 2.61. The minimum absolute atomic E-state index is 0.106. The number of carboxylic acid groups (broad SMARTS) is 1. The van der Waals surface area contributed by atoms with Crippen LogP contribution in [-0.2, 0) is 11.3 Å². The summed E-state index contributed by atoms with van der Waals surface area (Å²) in [6.45, 7) is 2.81. The van der Waals surface area contributed by atoms with Crippen LogP contribution in [0, 0.1) is 0 Å². The Labute approximate surface area is 128 Å². The molecule has 1 aromatic heterocycles. The molecule has 0 aliphatic carbocycles. The zero-order chi connectivity index (χ0) is 15.4. The zero-order valence-corrected chi connectivity index (χ0v) is 12.1. The maximum absolute atomic E-state index is 11.3. The molecule has 2 heterocycles. The highest BCUT2D eigenvalue weighted by Gasteiger charge is 2.27. The summed E-state index contributed by atoms with van der Waals surface area (Å²) >= 11 is 0. The Morgan fingerprint density at radius 3 is 2.95 bits per heavy atom. The molecule has 0 saturated carbocycles. The molecule has 1 aliphatic rings. The van der Waals surface area contributed by atoms with Crippen molar-refractivity contribution in [3.63, 3.8) is 0 Å². The van der Waals surface area contributed by atoms with Crippen LogP contribution < -0.4 is 0 Å². The number of carboxylic acids is 1. The monoisotopic (exact) mass is 299 g/mol. The highest BCUT2D eigenvalue weighted by Crippen LogP contribution is 2.24. The van der Waals surface area contributed by atoms with Crippen molar-refractivity contribution >= 4 is 5.97 Å². The van der Waals surface area contributed by atoms with Crippen LogP contribution in [-0.4, -0.2) is 45.6 Å².